The van der Waals surface area contributed by atoms with Crippen LogP contribution in [-0.4, -0.2) is 61.9 Å². The van der Waals surface area contributed by atoms with Crippen molar-refractivity contribution >= 4 is 28.3 Å². The maximum atomic E-state index is 5.48. The molecule has 38 heavy (non-hydrogen) atoms. The summed E-state index contributed by atoms with van der Waals surface area (Å²) in [6.45, 7) is 7.53. The summed E-state index contributed by atoms with van der Waals surface area (Å²) < 4.78 is 7.34. The van der Waals surface area contributed by atoms with Crippen LogP contribution in [-0.2, 0) is 17.6 Å². The fourth-order valence-electron chi connectivity index (χ4n) is 5.70. The minimum absolute atomic E-state index is 0.251. The van der Waals surface area contributed by atoms with Gasteiger partial charge in [0.1, 0.15) is 5.82 Å². The molecule has 0 radical (unpaired) electrons. The van der Waals surface area contributed by atoms with Gasteiger partial charge >= 0.3 is 0 Å². The van der Waals surface area contributed by atoms with Crippen molar-refractivity contribution in [1.29, 1.82) is 0 Å². The van der Waals surface area contributed by atoms with Crippen molar-refractivity contribution in [1.82, 2.24) is 29.5 Å². The summed E-state index contributed by atoms with van der Waals surface area (Å²) in [5.74, 6) is 2.64. The zero-order chi connectivity index (χ0) is 25.6. The number of rotatable bonds is 5. The van der Waals surface area contributed by atoms with Crippen molar-refractivity contribution in [3.8, 4) is 11.4 Å². The van der Waals surface area contributed by atoms with E-state index in [1.807, 2.05) is 16.9 Å². The summed E-state index contributed by atoms with van der Waals surface area (Å²) in [5.41, 5.74) is 6.81. The standard InChI is InChI=1S/C29H32N8O/c1-18(2)23-17-31-37-28(23)34-27(19-7-10-26(30-16-19)36-11-13-38-14-12-36)35-29(37)32-20-8-9-25-22(15-20)21-5-3-4-6-24(21)33-25/h3-7,10,16-18,20,33H,8-9,11-15H2,1-2H3,(H,32,34,35)/t20-/m1/s1. The zero-order valence-electron chi connectivity index (χ0n) is 21.8. The van der Waals surface area contributed by atoms with Crippen molar-refractivity contribution in [3.05, 3.63) is 65.6 Å². The number of aromatic amines is 1. The molecule has 4 aromatic heterocycles. The summed E-state index contributed by atoms with van der Waals surface area (Å²) >= 11 is 0. The Balaban J connectivity index is 1.23. The van der Waals surface area contributed by atoms with Gasteiger partial charge in [0, 0.05) is 53.1 Å². The third kappa shape index (κ3) is 4.07. The first kappa shape index (κ1) is 23.2. The van der Waals surface area contributed by atoms with Gasteiger partial charge in [-0.05, 0) is 48.9 Å². The Labute approximate surface area is 221 Å². The molecule has 1 aliphatic heterocycles. The first-order valence-corrected chi connectivity index (χ1v) is 13.5. The predicted octanol–water partition coefficient (Wildman–Crippen LogP) is 4.60. The molecule has 9 nitrogen and oxygen atoms in total. The lowest BCUT2D eigenvalue weighted by atomic mass is 9.91. The van der Waals surface area contributed by atoms with E-state index in [-0.39, 0.29) is 6.04 Å². The largest absolute Gasteiger partial charge is 0.378 e. The Morgan fingerprint density at radius 2 is 1.92 bits per heavy atom. The van der Waals surface area contributed by atoms with Crippen molar-refractivity contribution in [2.45, 2.75) is 45.1 Å². The molecule has 1 atom stereocenters. The van der Waals surface area contributed by atoms with Crippen LogP contribution in [0.1, 0.15) is 43.0 Å². The molecular weight excluding hydrogens is 476 g/mol. The molecule has 1 aromatic carbocycles. The number of aromatic nitrogens is 6. The summed E-state index contributed by atoms with van der Waals surface area (Å²) in [4.78, 5) is 20.6. The molecule has 0 unspecified atom stereocenters. The highest BCUT2D eigenvalue weighted by atomic mass is 16.5. The lowest BCUT2D eigenvalue weighted by Crippen LogP contribution is -2.36. The van der Waals surface area contributed by atoms with Gasteiger partial charge < -0.3 is 19.9 Å². The maximum absolute atomic E-state index is 5.48. The molecule has 9 heteroatoms. The molecule has 7 rings (SSSR count). The molecule has 1 aliphatic carbocycles. The molecular formula is C29H32N8O. The number of hydrogen-bond acceptors (Lipinski definition) is 7. The van der Waals surface area contributed by atoms with Crippen LogP contribution in [0, 0.1) is 0 Å². The van der Waals surface area contributed by atoms with E-state index in [0.29, 0.717) is 11.7 Å². The number of hydrogen-bond donors (Lipinski definition) is 2. The zero-order valence-corrected chi connectivity index (χ0v) is 21.8. The molecule has 0 spiro atoms. The Morgan fingerprint density at radius 1 is 1.05 bits per heavy atom. The van der Waals surface area contributed by atoms with Crippen LogP contribution < -0.4 is 10.2 Å². The van der Waals surface area contributed by atoms with E-state index in [9.17, 15) is 0 Å². The number of aryl methyl sites for hydroxylation is 1. The summed E-state index contributed by atoms with van der Waals surface area (Å²) in [6.07, 6.45) is 6.77. The monoisotopic (exact) mass is 508 g/mol. The third-order valence-electron chi connectivity index (χ3n) is 7.79. The Morgan fingerprint density at radius 3 is 2.74 bits per heavy atom. The number of para-hydroxylation sites is 1. The van der Waals surface area contributed by atoms with Crippen molar-refractivity contribution < 1.29 is 4.74 Å². The van der Waals surface area contributed by atoms with Crippen molar-refractivity contribution in [2.75, 3.05) is 36.5 Å². The van der Waals surface area contributed by atoms with E-state index >= 15 is 0 Å². The summed E-state index contributed by atoms with van der Waals surface area (Å²) in [5, 5.41) is 9.74. The van der Waals surface area contributed by atoms with Crippen LogP contribution in [0.2, 0.25) is 0 Å². The van der Waals surface area contributed by atoms with Crippen molar-refractivity contribution in [3.63, 3.8) is 0 Å². The third-order valence-corrected chi connectivity index (χ3v) is 7.79. The number of nitrogens with one attached hydrogen (secondary N) is 2. The van der Waals surface area contributed by atoms with Crippen LogP contribution in [0.3, 0.4) is 0 Å². The van der Waals surface area contributed by atoms with Gasteiger partial charge in [-0.2, -0.15) is 14.6 Å². The summed E-state index contributed by atoms with van der Waals surface area (Å²) in [7, 11) is 0. The average molecular weight is 509 g/mol. The topological polar surface area (TPSA) is 96.3 Å². The van der Waals surface area contributed by atoms with Gasteiger partial charge in [-0.1, -0.05) is 32.0 Å². The maximum Gasteiger partial charge on any atom is 0.228 e. The van der Waals surface area contributed by atoms with Crippen LogP contribution in [0.25, 0.3) is 27.9 Å². The van der Waals surface area contributed by atoms with Gasteiger partial charge in [0.05, 0.1) is 19.4 Å². The highest BCUT2D eigenvalue weighted by molar-refractivity contribution is 5.85. The van der Waals surface area contributed by atoms with Crippen LogP contribution in [0.5, 0.6) is 0 Å². The van der Waals surface area contributed by atoms with Crippen molar-refractivity contribution in [2.24, 2.45) is 0 Å². The number of benzene rings is 1. The number of anilines is 2. The van der Waals surface area contributed by atoms with Crippen LogP contribution in [0.4, 0.5) is 11.8 Å². The lowest BCUT2D eigenvalue weighted by molar-refractivity contribution is 0.122. The Bertz CT molecular complexity index is 1600. The lowest BCUT2D eigenvalue weighted by Gasteiger charge is -2.27. The molecule has 194 valence electrons. The van der Waals surface area contributed by atoms with Gasteiger partial charge in [-0.15, -0.1) is 0 Å². The van der Waals surface area contributed by atoms with Gasteiger partial charge in [0.25, 0.3) is 0 Å². The molecule has 1 fully saturated rings. The SMILES string of the molecule is CC(C)c1cnn2c(N[C@@H]3CCc4[nH]c5ccccc5c4C3)nc(-c3ccc(N4CCOCC4)nc3)nc12. The first-order chi connectivity index (χ1) is 18.6. The van der Waals surface area contributed by atoms with E-state index in [1.54, 1.807) is 0 Å². The van der Waals surface area contributed by atoms with E-state index in [4.69, 9.17) is 19.7 Å². The Hall–Kier alpha value is -3.98. The van der Waals surface area contributed by atoms with Gasteiger partial charge in [0.2, 0.25) is 5.95 Å². The minimum Gasteiger partial charge on any atom is -0.378 e. The second-order valence-electron chi connectivity index (χ2n) is 10.6. The molecule has 0 saturated carbocycles. The molecule has 1 saturated heterocycles. The smallest absolute Gasteiger partial charge is 0.228 e. The van der Waals surface area contributed by atoms with Crippen LogP contribution >= 0.6 is 0 Å². The Kier molecular flexibility index (Phi) is 5.73. The molecule has 2 aliphatic rings. The van der Waals surface area contributed by atoms with E-state index in [2.05, 4.69) is 70.5 Å². The normalized spacial score (nSPS) is 17.9. The van der Waals surface area contributed by atoms with E-state index in [0.717, 1.165) is 74.1 Å². The van der Waals surface area contributed by atoms with Gasteiger partial charge in [-0.3, -0.25) is 0 Å². The van der Waals surface area contributed by atoms with E-state index < -0.39 is 0 Å². The second-order valence-corrected chi connectivity index (χ2v) is 10.6. The van der Waals surface area contributed by atoms with Gasteiger partial charge in [-0.25, -0.2) is 9.97 Å². The van der Waals surface area contributed by atoms with Gasteiger partial charge in [0.15, 0.2) is 11.5 Å². The molecule has 0 amide bonds. The predicted molar refractivity (Wildman–Crippen MR) is 149 cm³/mol. The molecule has 2 N–H and O–H groups in total. The van der Waals surface area contributed by atoms with E-state index in [1.165, 1.54) is 22.2 Å². The number of ether oxygens (including phenoxy) is 1. The van der Waals surface area contributed by atoms with Crippen LogP contribution in [0.15, 0.2) is 48.8 Å². The highest BCUT2D eigenvalue weighted by Gasteiger charge is 2.25. The summed E-state index contributed by atoms with van der Waals surface area (Å²) in [6, 6.07) is 12.9. The molecule has 5 aromatic rings. The average Bonchev–Trinajstić information content (AvgIpc) is 3.55. The number of pyridine rings is 1. The number of H-pyrrole nitrogens is 1. The minimum atomic E-state index is 0.251. The fraction of sp³-hybridized carbons (Fsp3) is 0.379. The first-order valence-electron chi connectivity index (χ1n) is 13.5. The number of morpholine rings is 1. The number of nitrogens with zero attached hydrogens (tertiary/aromatic N) is 6. The molecule has 5 heterocycles. The second kappa shape index (κ2) is 9.40. The highest BCUT2D eigenvalue weighted by Crippen LogP contribution is 2.31. The quantitative estimate of drug-likeness (QED) is 0.358. The molecule has 0 bridgehead atoms. The fourth-order valence-corrected chi connectivity index (χ4v) is 5.70. The number of fused-ring (bicyclic) bond motifs is 4.